The van der Waals surface area contributed by atoms with Crippen LogP contribution in [-0.4, -0.2) is 72.9 Å². The Balaban J connectivity index is 1.73. The summed E-state index contributed by atoms with van der Waals surface area (Å²) in [5.74, 6) is 0.987. The maximum Gasteiger partial charge on any atom is 0.403 e. The lowest BCUT2D eigenvalue weighted by Gasteiger charge is -2.39. The smallest absolute Gasteiger partial charge is 0.403 e. The molecule has 1 saturated heterocycles. The summed E-state index contributed by atoms with van der Waals surface area (Å²) in [6.45, 7) is 3.73. The van der Waals surface area contributed by atoms with Gasteiger partial charge in [0.2, 0.25) is 0 Å². The van der Waals surface area contributed by atoms with Crippen LogP contribution in [0.4, 0.5) is 13.2 Å². The average molecular weight is 372 g/mol. The molecule has 0 bridgehead atoms. The molecule has 1 fully saturated rings. The molecule has 2 rings (SSSR count). The molecule has 0 saturated carbocycles. The number of hydrogen-bond donors (Lipinski definition) is 2. The minimum Gasteiger partial charge on any atom is -0.508 e. The molecule has 1 heterocycles. The van der Waals surface area contributed by atoms with Crippen LogP contribution in [0.15, 0.2) is 29.3 Å². The molecule has 1 aliphatic heterocycles. The topological polar surface area (TPSA) is 51.1 Å². The molecule has 1 unspecified atom stereocenters. The molecule has 146 valence electrons. The first-order valence-corrected chi connectivity index (χ1v) is 8.85. The quantitative estimate of drug-likeness (QED) is 0.474. The Bertz CT molecular complexity index is 581. The van der Waals surface area contributed by atoms with Gasteiger partial charge in [0.1, 0.15) is 11.8 Å². The average Bonchev–Trinajstić information content (AvgIpc) is 2.62. The summed E-state index contributed by atoms with van der Waals surface area (Å²) in [5.41, 5.74) is 1.15. The molecule has 1 aliphatic rings. The van der Waals surface area contributed by atoms with Gasteiger partial charge in [0.25, 0.3) is 0 Å². The van der Waals surface area contributed by atoms with E-state index in [1.165, 1.54) is 11.8 Å². The zero-order chi connectivity index (χ0) is 19.2. The van der Waals surface area contributed by atoms with E-state index >= 15 is 0 Å². The van der Waals surface area contributed by atoms with Crippen molar-refractivity contribution in [2.75, 3.05) is 39.8 Å². The number of guanidine groups is 1. The summed E-state index contributed by atoms with van der Waals surface area (Å²) in [5, 5.41) is 12.6. The van der Waals surface area contributed by atoms with E-state index in [0.29, 0.717) is 26.2 Å². The minimum atomic E-state index is -4.18. The largest absolute Gasteiger partial charge is 0.508 e. The molecule has 1 atom stereocenters. The number of alkyl halides is 3. The van der Waals surface area contributed by atoms with E-state index < -0.39 is 12.2 Å². The zero-order valence-corrected chi connectivity index (χ0v) is 15.3. The molecular weight excluding hydrogens is 345 g/mol. The summed E-state index contributed by atoms with van der Waals surface area (Å²) in [6.07, 6.45) is -2.41. The van der Waals surface area contributed by atoms with E-state index in [9.17, 15) is 18.3 Å². The first-order chi connectivity index (χ1) is 12.3. The maximum absolute atomic E-state index is 12.8. The van der Waals surface area contributed by atoms with Gasteiger partial charge in [-0.1, -0.05) is 12.1 Å². The number of phenolic OH excluding ortho intramolecular Hbond substituents is 1. The predicted molar refractivity (Wildman–Crippen MR) is 96.5 cm³/mol. The van der Waals surface area contributed by atoms with Crippen molar-refractivity contribution >= 4 is 5.96 Å². The third-order valence-corrected chi connectivity index (χ3v) is 4.71. The summed E-state index contributed by atoms with van der Waals surface area (Å²) in [6, 6.07) is 5.72. The minimum absolute atomic E-state index is 0.256. The fourth-order valence-electron chi connectivity index (χ4n) is 3.02. The first kappa shape index (κ1) is 20.4. The molecule has 5 nitrogen and oxygen atoms in total. The van der Waals surface area contributed by atoms with Crippen molar-refractivity contribution in [3.05, 3.63) is 29.8 Å². The number of aliphatic imine (C=N–C) groups is 1. The Kier molecular flexibility index (Phi) is 7.14. The Morgan fingerprint density at radius 3 is 2.35 bits per heavy atom. The second-order valence-electron chi connectivity index (χ2n) is 6.48. The van der Waals surface area contributed by atoms with E-state index in [4.69, 9.17) is 0 Å². The van der Waals surface area contributed by atoms with Gasteiger partial charge in [-0.05, 0) is 37.5 Å². The van der Waals surface area contributed by atoms with Gasteiger partial charge in [0.15, 0.2) is 5.96 Å². The summed E-state index contributed by atoms with van der Waals surface area (Å²) in [4.78, 5) is 7.71. The second-order valence-corrected chi connectivity index (χ2v) is 6.48. The Labute approximate surface area is 152 Å². The van der Waals surface area contributed by atoms with Crippen LogP contribution >= 0.6 is 0 Å². The van der Waals surface area contributed by atoms with Crippen LogP contribution in [0.2, 0.25) is 0 Å². The molecule has 0 radical (unpaired) electrons. The lowest BCUT2D eigenvalue weighted by molar-refractivity contribution is -0.181. The summed E-state index contributed by atoms with van der Waals surface area (Å²) >= 11 is 0. The Hall–Kier alpha value is -1.96. The van der Waals surface area contributed by atoms with Crippen molar-refractivity contribution in [2.24, 2.45) is 4.99 Å². The second kappa shape index (κ2) is 9.12. The highest BCUT2D eigenvalue weighted by Crippen LogP contribution is 2.25. The number of aryl methyl sites for hydroxylation is 1. The molecule has 1 aromatic rings. The van der Waals surface area contributed by atoms with Crippen LogP contribution in [0.1, 0.15) is 18.9 Å². The van der Waals surface area contributed by atoms with Gasteiger partial charge in [-0.25, -0.2) is 0 Å². The van der Waals surface area contributed by atoms with E-state index in [2.05, 4.69) is 10.3 Å². The van der Waals surface area contributed by atoms with E-state index in [0.717, 1.165) is 30.9 Å². The number of phenols is 1. The number of rotatable bonds is 5. The lowest BCUT2D eigenvalue weighted by Crippen LogP contribution is -2.56. The van der Waals surface area contributed by atoms with Crippen LogP contribution in [-0.2, 0) is 6.42 Å². The number of hydrogen-bond acceptors (Lipinski definition) is 3. The van der Waals surface area contributed by atoms with Crippen molar-refractivity contribution in [1.82, 2.24) is 15.1 Å². The van der Waals surface area contributed by atoms with Crippen LogP contribution in [0.5, 0.6) is 5.75 Å². The van der Waals surface area contributed by atoms with E-state index in [-0.39, 0.29) is 5.75 Å². The zero-order valence-electron chi connectivity index (χ0n) is 15.3. The number of nitrogens with zero attached hydrogens (tertiary/aromatic N) is 3. The van der Waals surface area contributed by atoms with Crippen LogP contribution in [0.25, 0.3) is 0 Å². The maximum atomic E-state index is 12.8. The van der Waals surface area contributed by atoms with Gasteiger partial charge in [-0.15, -0.1) is 0 Å². The van der Waals surface area contributed by atoms with Crippen molar-refractivity contribution in [3.63, 3.8) is 0 Å². The predicted octanol–water partition coefficient (Wildman–Crippen LogP) is 2.47. The highest BCUT2D eigenvalue weighted by molar-refractivity contribution is 5.79. The summed E-state index contributed by atoms with van der Waals surface area (Å²) in [7, 11) is 1.69. The van der Waals surface area contributed by atoms with Gasteiger partial charge in [0, 0.05) is 39.8 Å². The van der Waals surface area contributed by atoms with Crippen molar-refractivity contribution in [3.8, 4) is 5.75 Å². The van der Waals surface area contributed by atoms with Gasteiger partial charge in [-0.3, -0.25) is 9.89 Å². The fraction of sp³-hybridized carbons (Fsp3) is 0.611. The Morgan fingerprint density at radius 2 is 1.81 bits per heavy atom. The highest BCUT2D eigenvalue weighted by atomic mass is 19.4. The third-order valence-electron chi connectivity index (χ3n) is 4.71. The van der Waals surface area contributed by atoms with Crippen molar-refractivity contribution in [1.29, 1.82) is 0 Å². The van der Waals surface area contributed by atoms with Gasteiger partial charge in [0.05, 0.1) is 0 Å². The SMILES string of the molecule is CN=C(NCCCc1ccc(O)cc1)N1CCN(C(C)C(F)(F)F)CC1. The van der Waals surface area contributed by atoms with Gasteiger partial charge >= 0.3 is 6.18 Å². The third kappa shape index (κ3) is 5.79. The first-order valence-electron chi connectivity index (χ1n) is 8.85. The number of nitrogens with one attached hydrogen (secondary N) is 1. The molecule has 0 aromatic heterocycles. The number of benzene rings is 1. The highest BCUT2D eigenvalue weighted by Gasteiger charge is 2.41. The van der Waals surface area contributed by atoms with Gasteiger partial charge < -0.3 is 15.3 Å². The molecule has 0 aliphatic carbocycles. The van der Waals surface area contributed by atoms with Crippen LogP contribution < -0.4 is 5.32 Å². The molecule has 26 heavy (non-hydrogen) atoms. The van der Waals surface area contributed by atoms with Crippen LogP contribution in [0, 0.1) is 0 Å². The summed E-state index contributed by atoms with van der Waals surface area (Å²) < 4.78 is 38.5. The van der Waals surface area contributed by atoms with E-state index in [1.807, 2.05) is 17.0 Å². The molecule has 0 spiro atoms. The molecule has 1 aromatic carbocycles. The normalized spacial score (nSPS) is 18.0. The molecular formula is C18H27F3N4O. The number of halogens is 3. The number of aromatic hydroxyl groups is 1. The standard InChI is InChI=1S/C18H27F3N4O/c1-14(18(19,20)21)24-10-12-25(13-11-24)17(22-2)23-9-3-4-15-5-7-16(26)8-6-15/h5-8,14,26H,3-4,9-13H2,1-2H3,(H,22,23). The fourth-order valence-corrected chi connectivity index (χ4v) is 3.02. The monoisotopic (exact) mass is 372 g/mol. The molecule has 8 heteroatoms. The van der Waals surface area contributed by atoms with Gasteiger partial charge in [-0.2, -0.15) is 13.2 Å². The van der Waals surface area contributed by atoms with Crippen molar-refractivity contribution in [2.45, 2.75) is 32.0 Å². The van der Waals surface area contributed by atoms with Crippen molar-refractivity contribution < 1.29 is 18.3 Å². The Morgan fingerprint density at radius 1 is 1.19 bits per heavy atom. The molecule has 0 amide bonds. The lowest BCUT2D eigenvalue weighted by atomic mass is 10.1. The van der Waals surface area contributed by atoms with Crippen LogP contribution in [0.3, 0.4) is 0 Å². The molecule has 2 N–H and O–H groups in total. The van der Waals surface area contributed by atoms with E-state index in [1.54, 1.807) is 19.2 Å². The number of piperazine rings is 1.